The number of nitrogens with one attached hydrogen (secondary N) is 3. The first-order valence-corrected chi connectivity index (χ1v) is 31.8. The minimum atomic E-state index is -1.29. The minimum absolute atomic E-state index is 0.0213. The molecule has 0 aromatic carbocycles. The summed E-state index contributed by atoms with van der Waals surface area (Å²) >= 11 is 3.65. The summed E-state index contributed by atoms with van der Waals surface area (Å²) in [6.45, 7) is 0.0757. The number of hydrogen-bond acceptors (Lipinski definition) is 37. The van der Waals surface area contributed by atoms with Crippen molar-refractivity contribution in [3.05, 3.63) is 36.4 Å². The first-order chi connectivity index (χ1) is 52.6. The molecule has 662 valence electrons. The van der Waals surface area contributed by atoms with Crippen LogP contribution in [-0.4, -0.2) is 329 Å². The van der Waals surface area contributed by atoms with Crippen LogP contribution in [0.15, 0.2) is 25.0 Å². The fourth-order valence-electron chi connectivity index (χ4n) is 4.88. The maximum absolute atomic E-state index is 10.3. The molecule has 1 saturated heterocycles. The molecular weight excluding hydrogens is 1590 g/mol. The Labute approximate surface area is 653 Å². The molecule has 1 fully saturated rings. The van der Waals surface area contributed by atoms with E-state index in [1.54, 1.807) is 12.4 Å². The molecule has 3 heterocycles. The van der Waals surface area contributed by atoms with Crippen LogP contribution in [0.1, 0.15) is 88.4 Å². The topological polar surface area (TPSA) is 1170 Å². The summed E-state index contributed by atoms with van der Waals surface area (Å²) in [6, 6.07) is -11.9. The number of carbonyl (C=O) groups is 20. The number of hydrogen-bond donors (Lipinski definition) is 37. The van der Waals surface area contributed by atoms with E-state index in [0.29, 0.717) is 0 Å². The second-order valence-electron chi connectivity index (χ2n) is 21.3. The van der Waals surface area contributed by atoms with Crippen LogP contribution in [0.4, 0.5) is 0 Å². The Bertz CT molecular complexity index is 2950. The second-order valence-corrected chi connectivity index (χ2v) is 21.7. The zero-order valence-corrected chi connectivity index (χ0v) is 61.6. The fraction of sp³-hybridized carbons (Fsp3) is 0.536. The smallest absolute Gasteiger partial charge is 0.322 e. The molecule has 1 aliphatic rings. The van der Waals surface area contributed by atoms with Gasteiger partial charge in [0, 0.05) is 61.6 Å². The number of nitrogens with zero attached hydrogens (tertiary/aromatic N) is 2. The predicted molar refractivity (Wildman–Crippen MR) is 387 cm³/mol. The summed E-state index contributed by atoms with van der Waals surface area (Å²) in [5.74, 6) is -20.5. The number of carboxylic acids is 17. The molecule has 2 aromatic rings. The van der Waals surface area contributed by atoms with Crippen molar-refractivity contribution in [2.24, 2.45) is 86.0 Å². The number of amides is 3. The van der Waals surface area contributed by atoms with Gasteiger partial charge < -0.3 is 193 Å². The molecule has 0 spiro atoms. The van der Waals surface area contributed by atoms with E-state index in [0.717, 1.165) is 30.8 Å². The first kappa shape index (κ1) is 124. The van der Waals surface area contributed by atoms with Crippen molar-refractivity contribution in [3.63, 3.8) is 0 Å². The number of aromatic amines is 2. The van der Waals surface area contributed by atoms with Gasteiger partial charge in [-0.25, -0.2) is 9.97 Å². The van der Waals surface area contributed by atoms with Gasteiger partial charge in [0.15, 0.2) is 0 Å². The van der Waals surface area contributed by atoms with Gasteiger partial charge in [-0.1, -0.05) is 0 Å². The number of H-pyrrole nitrogens is 2. The van der Waals surface area contributed by atoms with Crippen molar-refractivity contribution in [2.75, 3.05) is 25.4 Å². The third kappa shape index (κ3) is 97.6. The lowest BCUT2D eigenvalue weighted by Gasteiger charge is -2.02. The molecule has 2 aromatic heterocycles. The summed E-state index contributed by atoms with van der Waals surface area (Å²) in [7, 11) is 0. The molecular formula is C56H104N20O38S. The van der Waals surface area contributed by atoms with Gasteiger partial charge in [-0.3, -0.25) is 95.9 Å². The van der Waals surface area contributed by atoms with Crippen molar-refractivity contribution in [1.29, 1.82) is 0 Å². The van der Waals surface area contributed by atoms with Crippen molar-refractivity contribution in [2.45, 2.75) is 162 Å². The van der Waals surface area contributed by atoms with Crippen LogP contribution < -0.4 is 91.3 Å². The van der Waals surface area contributed by atoms with Gasteiger partial charge in [-0.15, -0.1) is 0 Å². The number of aliphatic carboxylic acids is 17. The summed E-state index contributed by atoms with van der Waals surface area (Å²) in [4.78, 5) is 211. The SMILES string of the molecule is NC(=O)CC[C@H](N)C(=O)O.NC(=O)C[C@H](N)C(=O)O.NC(=O)C[C@H](N)C(=O)O.NCC(=O)O.N[C@@H](CC(=O)O)C(=O)O.N[C@@H](CC(=O)O)C(=O)O.N[C@@H](CCC(=O)O)C(=O)O.N[C@@H](CCC(=O)O)C(=O)O.N[C@@H](CO)C(=O)O.N[C@@H](CS)C(=O)O.N[C@@H](Cc1cnc[nH]1)C(=O)O.N[C@@H](Cc1cnc[nH]1)C(=O)O.O=C(O)[C@@H]1CCCN1. The van der Waals surface area contributed by atoms with Crippen molar-refractivity contribution in [3.8, 4) is 0 Å². The first-order valence-electron chi connectivity index (χ1n) is 31.2. The molecule has 3 amide bonds. The number of thiol groups is 1. The number of rotatable bonds is 36. The lowest BCUT2D eigenvalue weighted by atomic mass is 10.2. The summed E-state index contributed by atoms with van der Waals surface area (Å²) < 4.78 is 0. The van der Waals surface area contributed by atoms with Crippen molar-refractivity contribution in [1.82, 2.24) is 25.3 Å². The largest absolute Gasteiger partial charge is 0.481 e. The zero-order valence-electron chi connectivity index (χ0n) is 60.7. The van der Waals surface area contributed by atoms with Crippen LogP contribution in [0, 0.1) is 0 Å². The molecule has 59 heteroatoms. The zero-order chi connectivity index (χ0) is 92.7. The van der Waals surface area contributed by atoms with E-state index in [4.69, 9.17) is 161 Å². The van der Waals surface area contributed by atoms with E-state index in [1.165, 1.54) is 12.7 Å². The van der Waals surface area contributed by atoms with Crippen LogP contribution in [0.5, 0.6) is 0 Å². The molecule has 0 aliphatic carbocycles. The van der Waals surface area contributed by atoms with Crippen LogP contribution in [0.3, 0.4) is 0 Å². The van der Waals surface area contributed by atoms with Crippen LogP contribution in [-0.2, 0) is 109 Å². The van der Waals surface area contributed by atoms with E-state index >= 15 is 0 Å². The Balaban J connectivity index is -0.000000130. The number of carboxylic acid groups (broad SMARTS) is 17. The van der Waals surface area contributed by atoms with Crippen molar-refractivity contribution >= 4 is 132 Å². The van der Waals surface area contributed by atoms with E-state index in [9.17, 15) is 95.9 Å². The molecule has 51 N–H and O–H groups in total. The number of aromatic nitrogens is 4. The molecule has 115 heavy (non-hydrogen) atoms. The highest BCUT2D eigenvalue weighted by Gasteiger charge is 2.22. The van der Waals surface area contributed by atoms with E-state index in [2.05, 4.69) is 55.1 Å². The van der Waals surface area contributed by atoms with Gasteiger partial charge in [0.2, 0.25) is 17.7 Å². The highest BCUT2D eigenvalue weighted by Crippen LogP contribution is 2.04. The van der Waals surface area contributed by atoms with E-state index in [-0.39, 0.29) is 82.5 Å². The lowest BCUT2D eigenvalue weighted by molar-refractivity contribution is -0.144. The van der Waals surface area contributed by atoms with Crippen LogP contribution >= 0.6 is 12.6 Å². The molecule has 0 radical (unpaired) electrons. The fourth-order valence-corrected chi connectivity index (χ4v) is 5.03. The number of primary amides is 3. The van der Waals surface area contributed by atoms with Crippen LogP contribution in [0.2, 0.25) is 0 Å². The summed E-state index contributed by atoms with van der Waals surface area (Å²) in [5, 5.41) is 149. The number of carbonyl (C=O) groups excluding carboxylic acids is 3. The Kier molecular flexibility index (Phi) is 81.2. The number of nitrogens with two attached hydrogens (primary N) is 15. The monoisotopic (exact) mass is 1700 g/mol. The average Bonchev–Trinajstić information content (AvgIpc) is 1.82. The highest BCUT2D eigenvalue weighted by molar-refractivity contribution is 7.80. The number of aliphatic hydroxyl groups excluding tert-OH is 1. The average molecular weight is 1700 g/mol. The maximum atomic E-state index is 10.3. The third-order valence-corrected chi connectivity index (χ3v) is 11.5. The van der Waals surface area contributed by atoms with Gasteiger partial charge in [0.1, 0.15) is 72.5 Å². The Morgan fingerprint density at radius 2 is 0.626 bits per heavy atom. The van der Waals surface area contributed by atoms with Gasteiger partial charge in [-0.2, -0.15) is 12.6 Å². The van der Waals surface area contributed by atoms with Gasteiger partial charge in [0.25, 0.3) is 0 Å². The minimum Gasteiger partial charge on any atom is -0.481 e. The number of aliphatic hydroxyl groups is 1. The maximum Gasteiger partial charge on any atom is 0.322 e. The Hall–Kier alpha value is -12.4. The molecule has 0 unspecified atom stereocenters. The van der Waals surface area contributed by atoms with Crippen LogP contribution in [0.25, 0.3) is 0 Å². The molecule has 3 rings (SSSR count). The second kappa shape index (κ2) is 75.6. The quantitative estimate of drug-likeness (QED) is 0.0282. The molecule has 58 nitrogen and oxygen atoms in total. The van der Waals surface area contributed by atoms with Crippen molar-refractivity contribution < 1.29 is 188 Å². The standard InChI is InChI=1S/2C6H9N3O2.C5H10N2O3.2C5H9NO4.C5H9NO2.2C4H8N2O3.2C4H7NO4.C3H7NO3.C3H7NO2S.C2H5NO2/c2*7-5(6(10)11)1-4-2-8-3-9-4;3*6-3(5(9)10)1-2-4(7)8;7-5(8)4-2-1-3-6-4;4*5-2(4(8)9)1-3(6)7;4-2(1-5)3(6)7;4-2(1-7)3(5)6;3-1-2(4)5/h2*2-3,5H,1,7H2,(H,8,9)(H,10,11);3H,1-2,6H2,(H2,7,8)(H,9,10);2*3H,1-2,6H2,(H,7,8)(H,9,10);4,6H,1-3H2,(H,7,8);2*2H,1,5H2,(H2,6,7)(H,8,9);2*2H,1,5H2,(H,6,7)(H,8,9);2,5H,1,4H2,(H,6,7);2,7H,1,4H2,(H,5,6);1,3H2,(H,4,5)/t2*5-;3*3-;4-;6*2-;/m000000000000./s1. The Morgan fingerprint density at radius 3 is 0.748 bits per heavy atom. The molecule has 0 bridgehead atoms. The molecule has 0 saturated carbocycles. The highest BCUT2D eigenvalue weighted by atomic mass is 32.1. The molecule has 12 atom stereocenters. The van der Waals surface area contributed by atoms with Gasteiger partial charge in [-0.05, 0) is 38.6 Å². The van der Waals surface area contributed by atoms with E-state index in [1.807, 2.05) is 0 Å². The molecule has 1 aliphatic heterocycles. The third-order valence-electron chi connectivity index (χ3n) is 11.1. The summed E-state index contributed by atoms with van der Waals surface area (Å²) in [6.07, 6.45) is 6.44. The van der Waals surface area contributed by atoms with Gasteiger partial charge >= 0.3 is 101 Å². The van der Waals surface area contributed by atoms with E-state index < -0.39 is 205 Å². The lowest BCUT2D eigenvalue weighted by Crippen LogP contribution is -2.34. The van der Waals surface area contributed by atoms with Gasteiger partial charge in [0.05, 0.1) is 51.5 Å². The predicted octanol–water partition coefficient (Wildman–Crippen LogP) is -13.2. The number of imidazole rings is 2. The normalized spacial score (nSPS) is 13.6. The Morgan fingerprint density at radius 1 is 0.365 bits per heavy atom. The summed E-state index contributed by atoms with van der Waals surface area (Å²) in [5.41, 5.74) is 74.9.